The van der Waals surface area contributed by atoms with Gasteiger partial charge in [0.15, 0.2) is 0 Å². The minimum Gasteiger partial charge on any atom is -0.399 e. The lowest BCUT2D eigenvalue weighted by molar-refractivity contribution is -0.121. The van der Waals surface area contributed by atoms with Crippen molar-refractivity contribution in [3.8, 4) is 0 Å². The van der Waals surface area contributed by atoms with E-state index in [0.717, 1.165) is 12.8 Å². The third-order valence-corrected chi connectivity index (χ3v) is 4.25. The number of anilines is 1. The van der Waals surface area contributed by atoms with Crippen LogP contribution in [-0.2, 0) is 14.8 Å². The number of rotatable bonds is 6. The van der Waals surface area contributed by atoms with Gasteiger partial charge in [0, 0.05) is 24.7 Å². The zero-order chi connectivity index (χ0) is 13.9. The first-order chi connectivity index (χ1) is 8.97. The highest BCUT2D eigenvalue weighted by Crippen LogP contribution is 2.18. The number of nitrogens with one attached hydrogen (secondary N) is 2. The predicted octanol–water partition coefficient (Wildman–Crippen LogP) is 0.216. The van der Waals surface area contributed by atoms with Gasteiger partial charge in [-0.3, -0.25) is 4.79 Å². The standard InChI is InChI=1S/C12H17N3O3S/c13-9-1-5-11(6-2-9)19(17,18)14-8-7-12(16)15-10-3-4-10/h1-2,5-6,10,14H,3-4,7-8,13H2,(H,15,16). The summed E-state index contributed by atoms with van der Waals surface area (Å²) >= 11 is 0. The topological polar surface area (TPSA) is 101 Å². The van der Waals surface area contributed by atoms with E-state index in [9.17, 15) is 13.2 Å². The molecule has 1 saturated carbocycles. The van der Waals surface area contributed by atoms with Gasteiger partial charge in [0.25, 0.3) is 0 Å². The molecule has 1 aromatic carbocycles. The van der Waals surface area contributed by atoms with Crippen LogP contribution < -0.4 is 15.8 Å². The van der Waals surface area contributed by atoms with Crippen molar-refractivity contribution in [2.24, 2.45) is 0 Å². The van der Waals surface area contributed by atoms with Crippen LogP contribution >= 0.6 is 0 Å². The summed E-state index contributed by atoms with van der Waals surface area (Å²) < 4.78 is 26.1. The molecule has 0 saturated heterocycles. The second-order valence-electron chi connectivity index (χ2n) is 4.56. The molecule has 1 aliphatic carbocycles. The van der Waals surface area contributed by atoms with Gasteiger partial charge in [0.2, 0.25) is 15.9 Å². The molecule has 1 aromatic rings. The molecular weight excluding hydrogens is 266 g/mol. The van der Waals surface area contributed by atoms with Crippen LogP contribution in [0.2, 0.25) is 0 Å². The Hall–Kier alpha value is -1.60. The van der Waals surface area contributed by atoms with Gasteiger partial charge < -0.3 is 11.1 Å². The van der Waals surface area contributed by atoms with E-state index in [4.69, 9.17) is 5.73 Å². The van der Waals surface area contributed by atoms with Gasteiger partial charge in [0.1, 0.15) is 0 Å². The second-order valence-corrected chi connectivity index (χ2v) is 6.33. The minimum absolute atomic E-state index is 0.0886. The van der Waals surface area contributed by atoms with Crippen molar-refractivity contribution in [1.82, 2.24) is 10.0 Å². The summed E-state index contributed by atoms with van der Waals surface area (Å²) in [5.41, 5.74) is 6.00. The van der Waals surface area contributed by atoms with Gasteiger partial charge in [-0.15, -0.1) is 0 Å². The summed E-state index contributed by atoms with van der Waals surface area (Å²) in [6.45, 7) is 0.0886. The number of benzene rings is 1. The van der Waals surface area contributed by atoms with Crippen molar-refractivity contribution in [2.75, 3.05) is 12.3 Å². The minimum atomic E-state index is -3.57. The fourth-order valence-electron chi connectivity index (χ4n) is 1.56. The number of carbonyl (C=O) groups excluding carboxylic acids is 1. The van der Waals surface area contributed by atoms with E-state index < -0.39 is 10.0 Å². The maximum absolute atomic E-state index is 11.9. The summed E-state index contributed by atoms with van der Waals surface area (Å²) in [5, 5.41) is 2.80. The monoisotopic (exact) mass is 283 g/mol. The van der Waals surface area contributed by atoms with Crippen LogP contribution in [0.25, 0.3) is 0 Å². The summed E-state index contributed by atoms with van der Waals surface area (Å²) in [7, 11) is -3.57. The first-order valence-corrected chi connectivity index (χ1v) is 7.60. The van der Waals surface area contributed by atoms with E-state index in [2.05, 4.69) is 10.0 Å². The van der Waals surface area contributed by atoms with Crippen molar-refractivity contribution in [3.63, 3.8) is 0 Å². The molecule has 0 heterocycles. The Bertz CT molecular complexity index is 550. The first-order valence-electron chi connectivity index (χ1n) is 6.12. The van der Waals surface area contributed by atoms with Crippen LogP contribution in [0.1, 0.15) is 19.3 Å². The Labute approximate surface area is 112 Å². The summed E-state index contributed by atoms with van der Waals surface area (Å²) in [6, 6.07) is 6.20. The Kier molecular flexibility index (Phi) is 4.06. The van der Waals surface area contributed by atoms with Gasteiger partial charge >= 0.3 is 0 Å². The molecule has 6 nitrogen and oxygen atoms in total. The third-order valence-electron chi connectivity index (χ3n) is 2.78. The number of nitrogens with two attached hydrogens (primary N) is 1. The van der Waals surface area contributed by atoms with Crippen molar-refractivity contribution in [1.29, 1.82) is 0 Å². The van der Waals surface area contributed by atoms with Gasteiger partial charge in [-0.05, 0) is 37.1 Å². The number of nitrogen functional groups attached to an aromatic ring is 1. The van der Waals surface area contributed by atoms with E-state index in [1.807, 2.05) is 0 Å². The number of amides is 1. The van der Waals surface area contributed by atoms with Crippen LogP contribution in [0.3, 0.4) is 0 Å². The smallest absolute Gasteiger partial charge is 0.240 e. The van der Waals surface area contributed by atoms with E-state index >= 15 is 0 Å². The van der Waals surface area contributed by atoms with Crippen LogP contribution in [-0.4, -0.2) is 26.9 Å². The van der Waals surface area contributed by atoms with E-state index in [1.54, 1.807) is 0 Å². The molecule has 2 rings (SSSR count). The molecule has 7 heteroatoms. The molecule has 0 aliphatic heterocycles. The lowest BCUT2D eigenvalue weighted by Gasteiger charge is -2.07. The average molecular weight is 283 g/mol. The fourth-order valence-corrected chi connectivity index (χ4v) is 2.59. The average Bonchev–Trinajstić information content (AvgIpc) is 3.13. The Morgan fingerprint density at radius 1 is 1.26 bits per heavy atom. The maximum Gasteiger partial charge on any atom is 0.240 e. The maximum atomic E-state index is 11.9. The molecule has 1 amide bonds. The molecule has 4 N–H and O–H groups in total. The highest BCUT2D eigenvalue weighted by molar-refractivity contribution is 7.89. The van der Waals surface area contributed by atoms with Crippen LogP contribution in [0.5, 0.6) is 0 Å². The molecule has 1 aliphatic rings. The Balaban J connectivity index is 1.83. The van der Waals surface area contributed by atoms with Crippen LogP contribution in [0.15, 0.2) is 29.2 Å². The van der Waals surface area contributed by atoms with Gasteiger partial charge in [-0.2, -0.15) is 0 Å². The predicted molar refractivity (Wildman–Crippen MR) is 71.8 cm³/mol. The molecule has 0 aromatic heterocycles. The van der Waals surface area contributed by atoms with E-state index in [1.165, 1.54) is 24.3 Å². The highest BCUT2D eigenvalue weighted by atomic mass is 32.2. The molecule has 104 valence electrons. The lowest BCUT2D eigenvalue weighted by Crippen LogP contribution is -2.31. The molecule has 1 fully saturated rings. The van der Waals surface area contributed by atoms with Crippen LogP contribution in [0.4, 0.5) is 5.69 Å². The molecular formula is C12H17N3O3S. The van der Waals surface area contributed by atoms with Gasteiger partial charge in [-0.1, -0.05) is 0 Å². The SMILES string of the molecule is Nc1ccc(S(=O)(=O)NCCC(=O)NC2CC2)cc1. The summed E-state index contributed by atoms with van der Waals surface area (Å²) in [6.07, 6.45) is 2.18. The van der Waals surface area contributed by atoms with E-state index in [0.29, 0.717) is 11.7 Å². The molecule has 0 spiro atoms. The van der Waals surface area contributed by atoms with Crippen molar-refractivity contribution < 1.29 is 13.2 Å². The Morgan fingerprint density at radius 3 is 2.47 bits per heavy atom. The highest BCUT2D eigenvalue weighted by Gasteiger charge is 2.23. The van der Waals surface area contributed by atoms with Crippen molar-refractivity contribution >= 4 is 21.6 Å². The number of hydrogen-bond acceptors (Lipinski definition) is 4. The summed E-state index contributed by atoms with van der Waals surface area (Å²) in [4.78, 5) is 11.5. The van der Waals surface area contributed by atoms with Crippen molar-refractivity contribution in [3.05, 3.63) is 24.3 Å². The van der Waals surface area contributed by atoms with Crippen molar-refractivity contribution in [2.45, 2.75) is 30.2 Å². The summed E-state index contributed by atoms with van der Waals surface area (Å²) in [5.74, 6) is -0.123. The molecule has 0 bridgehead atoms. The number of sulfonamides is 1. The van der Waals surface area contributed by atoms with Gasteiger partial charge in [0.05, 0.1) is 4.90 Å². The number of carbonyl (C=O) groups is 1. The largest absolute Gasteiger partial charge is 0.399 e. The normalized spacial score (nSPS) is 15.2. The molecule has 0 radical (unpaired) electrons. The molecule has 19 heavy (non-hydrogen) atoms. The number of hydrogen-bond donors (Lipinski definition) is 3. The third kappa shape index (κ3) is 4.22. The zero-order valence-electron chi connectivity index (χ0n) is 10.4. The van der Waals surface area contributed by atoms with E-state index in [-0.39, 0.29) is 23.8 Å². The fraction of sp³-hybridized carbons (Fsp3) is 0.417. The first kappa shape index (κ1) is 13.8. The molecule has 0 atom stereocenters. The zero-order valence-corrected chi connectivity index (χ0v) is 11.2. The van der Waals surface area contributed by atoms with Crippen LogP contribution in [0, 0.1) is 0 Å². The second kappa shape index (κ2) is 5.58. The Morgan fingerprint density at radius 2 is 1.89 bits per heavy atom. The molecule has 0 unspecified atom stereocenters. The van der Waals surface area contributed by atoms with Gasteiger partial charge in [-0.25, -0.2) is 13.1 Å². The quantitative estimate of drug-likeness (QED) is 0.650. The lowest BCUT2D eigenvalue weighted by atomic mass is 10.3.